The summed E-state index contributed by atoms with van der Waals surface area (Å²) in [5, 5.41) is 0. The molecule has 0 aromatic rings. The highest BCUT2D eigenvalue weighted by Gasteiger charge is 2.34. The molecule has 24 heavy (non-hydrogen) atoms. The van der Waals surface area contributed by atoms with E-state index in [2.05, 4.69) is 31.0 Å². The molecule has 0 aliphatic heterocycles. The molecule has 2 unspecified atom stereocenters. The Balaban J connectivity index is 4.75. The number of esters is 1. The second-order valence-electron chi connectivity index (χ2n) is 7.24. The Bertz CT molecular complexity index is 510. The van der Waals surface area contributed by atoms with Crippen molar-refractivity contribution in [2.45, 2.75) is 60.3 Å². The molecule has 0 spiro atoms. The van der Waals surface area contributed by atoms with E-state index in [9.17, 15) is 14.3 Å². The number of hydrogen-bond acceptors (Lipinski definition) is 4. The number of rotatable bonds is 11. The lowest BCUT2D eigenvalue weighted by molar-refractivity contribution is -0.153. The molecule has 0 saturated heterocycles. The average molecular weight is 360 g/mol. The van der Waals surface area contributed by atoms with Gasteiger partial charge in [-0.1, -0.05) is 38.5 Å². The highest BCUT2D eigenvalue weighted by Crippen LogP contribution is 2.41. The maximum absolute atomic E-state index is 12.3. The van der Waals surface area contributed by atoms with Crippen LogP contribution in [0.4, 0.5) is 0 Å². The fourth-order valence-corrected chi connectivity index (χ4v) is 2.25. The van der Waals surface area contributed by atoms with Crippen LogP contribution in [-0.4, -0.2) is 24.3 Å². The second-order valence-corrected chi connectivity index (χ2v) is 9.14. The molecule has 5 nitrogen and oxygen atoms in total. The minimum Gasteiger partial charge on any atom is -0.452 e. The van der Waals surface area contributed by atoms with E-state index < -0.39 is 25.3 Å². The maximum atomic E-state index is 12.3. The monoisotopic (exact) mass is 360 g/mol. The smallest absolute Gasteiger partial charge is 0.365 e. The summed E-state index contributed by atoms with van der Waals surface area (Å²) in [5.74, 6) is -0.480. The lowest BCUT2D eigenvalue weighted by atomic mass is 9.82. The third-order valence-electron chi connectivity index (χ3n) is 4.53. The molecule has 0 fully saturated rings. The lowest BCUT2D eigenvalue weighted by Crippen LogP contribution is -2.29. The highest BCUT2D eigenvalue weighted by molar-refractivity contribution is 7.52. The van der Waals surface area contributed by atoms with Gasteiger partial charge in [0.25, 0.3) is 0 Å². The molecule has 0 amide bonds. The molecular formula is C18H33O5P. The van der Waals surface area contributed by atoms with E-state index in [0.29, 0.717) is 12.8 Å². The number of carbonyl (C=O) groups is 1. The molecule has 0 radical (unpaired) electrons. The molecule has 0 rings (SSSR count). The number of carbonyl (C=O) groups excluding carboxylic acids is 1. The number of ether oxygens (including phenoxy) is 1. The van der Waals surface area contributed by atoms with Crippen molar-refractivity contribution in [3.05, 3.63) is 24.3 Å². The van der Waals surface area contributed by atoms with Gasteiger partial charge in [-0.05, 0) is 44.9 Å². The van der Waals surface area contributed by atoms with Gasteiger partial charge in [0.1, 0.15) is 0 Å². The van der Waals surface area contributed by atoms with E-state index in [1.807, 2.05) is 26.8 Å². The van der Waals surface area contributed by atoms with Crippen LogP contribution in [0.15, 0.2) is 24.3 Å². The average Bonchev–Trinajstić information content (AvgIpc) is 2.55. The van der Waals surface area contributed by atoms with Crippen molar-refractivity contribution in [3.8, 4) is 0 Å². The summed E-state index contributed by atoms with van der Waals surface area (Å²) in [7, 11) is -2.73. The Morgan fingerprint density at radius 1 is 1.33 bits per heavy atom. The molecule has 0 aliphatic rings. The van der Waals surface area contributed by atoms with Crippen LogP contribution in [0.2, 0.25) is 0 Å². The van der Waals surface area contributed by atoms with E-state index in [1.54, 1.807) is 0 Å². The minimum atomic E-state index is -3.85. The molecule has 2 atom stereocenters. The molecule has 0 aromatic heterocycles. The molecule has 0 aliphatic carbocycles. The van der Waals surface area contributed by atoms with E-state index >= 15 is 0 Å². The van der Waals surface area contributed by atoms with E-state index in [4.69, 9.17) is 4.74 Å². The van der Waals surface area contributed by atoms with Crippen molar-refractivity contribution < 1.29 is 23.5 Å². The summed E-state index contributed by atoms with van der Waals surface area (Å²) in [4.78, 5) is 21.6. The van der Waals surface area contributed by atoms with Crippen LogP contribution in [0.25, 0.3) is 0 Å². The van der Waals surface area contributed by atoms with Gasteiger partial charge in [0.2, 0.25) is 0 Å². The van der Waals surface area contributed by atoms with Crippen LogP contribution in [0, 0.1) is 10.8 Å². The maximum Gasteiger partial charge on any atom is 0.365 e. The second kappa shape index (κ2) is 9.55. The van der Waals surface area contributed by atoms with Crippen molar-refractivity contribution in [2.75, 3.05) is 13.5 Å². The summed E-state index contributed by atoms with van der Waals surface area (Å²) in [5.41, 5.74) is 0.579. The fourth-order valence-electron chi connectivity index (χ4n) is 1.86. The van der Waals surface area contributed by atoms with Crippen LogP contribution in [0.3, 0.4) is 0 Å². The van der Waals surface area contributed by atoms with Crippen molar-refractivity contribution >= 4 is 13.6 Å². The Kier molecular flexibility index (Phi) is 9.19. The first-order valence-corrected chi connectivity index (χ1v) is 10.0. The normalized spacial score (nSPS) is 17.7. The lowest BCUT2D eigenvalue weighted by Gasteiger charge is -2.25. The Morgan fingerprint density at radius 2 is 1.92 bits per heavy atom. The van der Waals surface area contributed by atoms with Gasteiger partial charge < -0.3 is 14.2 Å². The summed E-state index contributed by atoms with van der Waals surface area (Å²) >= 11 is 0. The van der Waals surface area contributed by atoms with Gasteiger partial charge in [0, 0.05) is 7.11 Å². The van der Waals surface area contributed by atoms with Gasteiger partial charge in [-0.15, -0.1) is 6.58 Å². The minimum absolute atomic E-state index is 0.0878. The topological polar surface area (TPSA) is 72.8 Å². The molecule has 0 saturated carbocycles. The van der Waals surface area contributed by atoms with Gasteiger partial charge in [-0.25, -0.2) is 0 Å². The molecule has 1 N–H and O–H groups in total. The summed E-state index contributed by atoms with van der Waals surface area (Å²) in [6, 6.07) is 0. The summed E-state index contributed by atoms with van der Waals surface area (Å²) in [6.45, 7) is 13.9. The van der Waals surface area contributed by atoms with Crippen molar-refractivity contribution in [2.24, 2.45) is 10.8 Å². The molecule has 140 valence electrons. The van der Waals surface area contributed by atoms with Crippen LogP contribution in [0.5, 0.6) is 0 Å². The Morgan fingerprint density at radius 3 is 2.38 bits per heavy atom. The van der Waals surface area contributed by atoms with Gasteiger partial charge in [0.15, 0.2) is 6.35 Å². The highest BCUT2D eigenvalue weighted by atomic mass is 31.2. The zero-order chi connectivity index (χ0) is 19.0. The third-order valence-corrected chi connectivity index (χ3v) is 5.56. The standard InChI is InChI=1S/C18H33O5P/c1-8-17(4,5)12-10-15(3)11-13-18(6,9-2)16(19)23-14-24(20,21)22-7/h8,11H,1,9-10,12-14H2,2-7H3,(H,20,21). The summed E-state index contributed by atoms with van der Waals surface area (Å²) in [6.07, 6.45) is 6.43. The molecule has 0 heterocycles. The molecular weight excluding hydrogens is 327 g/mol. The number of allylic oxidation sites excluding steroid dienone is 3. The summed E-state index contributed by atoms with van der Waals surface area (Å²) < 4.78 is 20.8. The molecule has 6 heteroatoms. The van der Waals surface area contributed by atoms with Crippen molar-refractivity contribution in [1.29, 1.82) is 0 Å². The Hall–Kier alpha value is -0.900. The Labute approximate surface area is 146 Å². The van der Waals surface area contributed by atoms with Crippen LogP contribution in [-0.2, 0) is 18.6 Å². The first kappa shape index (κ1) is 23.1. The largest absolute Gasteiger partial charge is 0.452 e. The zero-order valence-electron chi connectivity index (χ0n) is 15.9. The quantitative estimate of drug-likeness (QED) is 0.316. The first-order chi connectivity index (χ1) is 10.9. The zero-order valence-corrected chi connectivity index (χ0v) is 16.8. The van der Waals surface area contributed by atoms with E-state index in [1.165, 1.54) is 5.57 Å². The van der Waals surface area contributed by atoms with Crippen molar-refractivity contribution in [3.63, 3.8) is 0 Å². The number of hydrogen-bond donors (Lipinski definition) is 1. The van der Waals surface area contributed by atoms with Gasteiger partial charge in [0.05, 0.1) is 5.41 Å². The van der Waals surface area contributed by atoms with Crippen molar-refractivity contribution in [1.82, 2.24) is 0 Å². The SMILES string of the molecule is C=CC(C)(C)CCC(C)=CCC(C)(CC)C(=O)OCP(=O)(O)OC. The van der Waals surface area contributed by atoms with E-state index in [-0.39, 0.29) is 5.41 Å². The molecule has 0 aromatic carbocycles. The van der Waals surface area contributed by atoms with Crippen LogP contribution in [0.1, 0.15) is 60.3 Å². The van der Waals surface area contributed by atoms with Gasteiger partial charge in [-0.3, -0.25) is 9.36 Å². The fraction of sp³-hybridized carbons (Fsp3) is 0.722. The van der Waals surface area contributed by atoms with Gasteiger partial charge in [-0.2, -0.15) is 0 Å². The molecule has 0 bridgehead atoms. The van der Waals surface area contributed by atoms with E-state index in [0.717, 1.165) is 20.0 Å². The predicted molar refractivity (Wildman–Crippen MR) is 97.8 cm³/mol. The predicted octanol–water partition coefficient (Wildman–Crippen LogP) is 5.06. The van der Waals surface area contributed by atoms with Gasteiger partial charge >= 0.3 is 13.6 Å². The van der Waals surface area contributed by atoms with Crippen LogP contribution >= 0.6 is 7.60 Å². The third kappa shape index (κ3) is 8.27. The first-order valence-electron chi connectivity index (χ1n) is 8.25. The van der Waals surface area contributed by atoms with Crippen LogP contribution < -0.4 is 0 Å².